The molecule has 0 heterocycles. The average Bonchev–Trinajstić information content (AvgIpc) is 2.15. The second-order valence-corrected chi connectivity index (χ2v) is 5.12. The largest absolute Gasteiger partial charge is 0.383 e. The first kappa shape index (κ1) is 15.2. The summed E-state index contributed by atoms with van der Waals surface area (Å²) >= 11 is 0. The summed E-state index contributed by atoms with van der Waals surface area (Å²) < 4.78 is 5.03. The van der Waals surface area contributed by atoms with Gasteiger partial charge in [-0.25, -0.2) is 4.79 Å². The lowest BCUT2D eigenvalue weighted by Gasteiger charge is -2.32. The fourth-order valence-corrected chi connectivity index (χ4v) is 1.32. The lowest BCUT2D eigenvalue weighted by Crippen LogP contribution is -2.52. The van der Waals surface area contributed by atoms with Crippen molar-refractivity contribution in [3.63, 3.8) is 0 Å². The van der Waals surface area contributed by atoms with Crippen molar-refractivity contribution >= 4 is 6.03 Å². The molecule has 0 aliphatic carbocycles. The number of amides is 2. The van der Waals surface area contributed by atoms with Gasteiger partial charge in [-0.05, 0) is 34.1 Å². The SMILES string of the molecule is CCC(C)N(CCOC)C(=O)NC(C)(C)C. The Morgan fingerprint density at radius 2 is 2.00 bits per heavy atom. The molecule has 0 saturated carbocycles. The van der Waals surface area contributed by atoms with Crippen LogP contribution in [0.5, 0.6) is 0 Å². The van der Waals surface area contributed by atoms with Crippen molar-refractivity contribution in [1.29, 1.82) is 0 Å². The number of carbonyl (C=O) groups excluding carboxylic acids is 1. The van der Waals surface area contributed by atoms with Crippen LogP contribution < -0.4 is 5.32 Å². The number of nitrogens with one attached hydrogen (secondary N) is 1. The van der Waals surface area contributed by atoms with E-state index in [0.29, 0.717) is 13.2 Å². The van der Waals surface area contributed by atoms with E-state index >= 15 is 0 Å². The second kappa shape index (κ2) is 6.74. The molecule has 1 atom stereocenters. The van der Waals surface area contributed by atoms with Gasteiger partial charge in [0.15, 0.2) is 0 Å². The maximum Gasteiger partial charge on any atom is 0.318 e. The molecule has 0 bridgehead atoms. The predicted molar refractivity (Wildman–Crippen MR) is 66.6 cm³/mol. The summed E-state index contributed by atoms with van der Waals surface area (Å²) in [5.74, 6) is 0. The molecule has 16 heavy (non-hydrogen) atoms. The van der Waals surface area contributed by atoms with E-state index in [4.69, 9.17) is 4.74 Å². The van der Waals surface area contributed by atoms with Crippen molar-refractivity contribution in [2.45, 2.75) is 52.6 Å². The third-order valence-corrected chi connectivity index (χ3v) is 2.40. The fourth-order valence-electron chi connectivity index (χ4n) is 1.32. The van der Waals surface area contributed by atoms with Crippen LogP contribution in [0.4, 0.5) is 4.79 Å². The summed E-state index contributed by atoms with van der Waals surface area (Å²) in [6, 6.07) is 0.219. The van der Waals surface area contributed by atoms with Crippen LogP contribution in [0.2, 0.25) is 0 Å². The van der Waals surface area contributed by atoms with E-state index in [1.807, 2.05) is 25.7 Å². The van der Waals surface area contributed by atoms with Crippen LogP contribution in [-0.4, -0.2) is 42.8 Å². The minimum absolute atomic E-state index is 0.0149. The van der Waals surface area contributed by atoms with E-state index in [2.05, 4.69) is 19.2 Å². The number of methoxy groups -OCH3 is 1. The summed E-state index contributed by atoms with van der Waals surface area (Å²) in [7, 11) is 1.65. The molecule has 0 aliphatic heterocycles. The molecular weight excluding hydrogens is 204 g/mol. The van der Waals surface area contributed by atoms with Crippen molar-refractivity contribution in [3.8, 4) is 0 Å². The van der Waals surface area contributed by atoms with Crippen LogP contribution in [-0.2, 0) is 4.74 Å². The molecule has 0 aromatic rings. The maximum absolute atomic E-state index is 12.0. The summed E-state index contributed by atoms with van der Waals surface area (Å²) in [4.78, 5) is 13.9. The summed E-state index contributed by atoms with van der Waals surface area (Å²) in [5.41, 5.74) is -0.199. The van der Waals surface area contributed by atoms with Gasteiger partial charge in [0.05, 0.1) is 6.61 Å². The van der Waals surface area contributed by atoms with Crippen LogP contribution in [0.1, 0.15) is 41.0 Å². The zero-order chi connectivity index (χ0) is 12.8. The number of carbonyl (C=O) groups is 1. The fraction of sp³-hybridized carbons (Fsp3) is 0.917. The third kappa shape index (κ3) is 5.95. The van der Waals surface area contributed by atoms with E-state index in [0.717, 1.165) is 6.42 Å². The lowest BCUT2D eigenvalue weighted by atomic mass is 10.1. The van der Waals surface area contributed by atoms with Gasteiger partial charge >= 0.3 is 6.03 Å². The molecule has 4 heteroatoms. The Morgan fingerprint density at radius 3 is 2.38 bits per heavy atom. The van der Waals surface area contributed by atoms with Crippen molar-refractivity contribution in [3.05, 3.63) is 0 Å². The van der Waals surface area contributed by atoms with Gasteiger partial charge in [-0.3, -0.25) is 0 Å². The first-order valence-corrected chi connectivity index (χ1v) is 5.89. The van der Waals surface area contributed by atoms with Crippen molar-refractivity contribution < 1.29 is 9.53 Å². The van der Waals surface area contributed by atoms with Crippen LogP contribution >= 0.6 is 0 Å². The van der Waals surface area contributed by atoms with E-state index in [9.17, 15) is 4.79 Å². The Kier molecular flexibility index (Phi) is 6.41. The summed E-state index contributed by atoms with van der Waals surface area (Å²) in [6.45, 7) is 11.3. The highest BCUT2D eigenvalue weighted by molar-refractivity contribution is 5.75. The zero-order valence-electron chi connectivity index (χ0n) is 11.5. The molecule has 0 rings (SSSR count). The van der Waals surface area contributed by atoms with Crippen LogP contribution in [0.3, 0.4) is 0 Å². The van der Waals surface area contributed by atoms with Gasteiger partial charge in [0, 0.05) is 25.2 Å². The third-order valence-electron chi connectivity index (χ3n) is 2.40. The number of urea groups is 1. The standard InChI is InChI=1S/C12H26N2O2/c1-7-10(2)14(8-9-16-6)11(15)13-12(3,4)5/h10H,7-9H2,1-6H3,(H,13,15). The molecular formula is C12H26N2O2. The molecule has 1 unspecified atom stereocenters. The molecule has 0 aliphatic rings. The number of rotatable bonds is 5. The Bertz CT molecular complexity index is 212. The molecule has 0 fully saturated rings. The highest BCUT2D eigenvalue weighted by Crippen LogP contribution is 2.07. The highest BCUT2D eigenvalue weighted by atomic mass is 16.5. The molecule has 2 amide bonds. The minimum Gasteiger partial charge on any atom is -0.383 e. The molecule has 0 aromatic carbocycles. The van der Waals surface area contributed by atoms with Gasteiger partial charge in [-0.2, -0.15) is 0 Å². The highest BCUT2D eigenvalue weighted by Gasteiger charge is 2.22. The molecule has 0 aromatic heterocycles. The summed E-state index contributed by atoms with van der Waals surface area (Å²) in [5, 5.41) is 2.97. The molecule has 0 saturated heterocycles. The van der Waals surface area contributed by atoms with E-state index in [1.54, 1.807) is 7.11 Å². The van der Waals surface area contributed by atoms with Gasteiger partial charge in [0.1, 0.15) is 0 Å². The van der Waals surface area contributed by atoms with E-state index < -0.39 is 0 Å². The second-order valence-electron chi connectivity index (χ2n) is 5.12. The molecule has 96 valence electrons. The van der Waals surface area contributed by atoms with Crippen molar-refractivity contribution in [2.75, 3.05) is 20.3 Å². The lowest BCUT2D eigenvalue weighted by molar-refractivity contribution is 0.127. The number of hydrogen-bond donors (Lipinski definition) is 1. The number of hydrogen-bond acceptors (Lipinski definition) is 2. The quantitative estimate of drug-likeness (QED) is 0.787. The normalized spacial score (nSPS) is 13.4. The van der Waals surface area contributed by atoms with Crippen LogP contribution in [0.15, 0.2) is 0 Å². The van der Waals surface area contributed by atoms with Crippen LogP contribution in [0, 0.1) is 0 Å². The van der Waals surface area contributed by atoms with E-state index in [-0.39, 0.29) is 17.6 Å². The van der Waals surface area contributed by atoms with Gasteiger partial charge in [-0.1, -0.05) is 6.92 Å². The van der Waals surface area contributed by atoms with Gasteiger partial charge < -0.3 is 15.0 Å². The first-order chi connectivity index (χ1) is 7.31. The van der Waals surface area contributed by atoms with Gasteiger partial charge in [0.2, 0.25) is 0 Å². The van der Waals surface area contributed by atoms with Crippen molar-refractivity contribution in [2.24, 2.45) is 0 Å². The topological polar surface area (TPSA) is 41.6 Å². The van der Waals surface area contributed by atoms with E-state index in [1.165, 1.54) is 0 Å². The number of nitrogens with zero attached hydrogens (tertiary/aromatic N) is 1. The predicted octanol–water partition coefficient (Wildman–Crippen LogP) is 2.24. The first-order valence-electron chi connectivity index (χ1n) is 5.89. The molecule has 0 spiro atoms. The molecule has 1 N–H and O–H groups in total. The Morgan fingerprint density at radius 1 is 1.44 bits per heavy atom. The summed E-state index contributed by atoms with van der Waals surface area (Å²) in [6.07, 6.45) is 0.946. The van der Waals surface area contributed by atoms with Gasteiger partial charge in [-0.15, -0.1) is 0 Å². The van der Waals surface area contributed by atoms with Gasteiger partial charge in [0.25, 0.3) is 0 Å². The Labute approximate surface area is 99.3 Å². The number of ether oxygens (including phenoxy) is 1. The molecule has 0 radical (unpaired) electrons. The maximum atomic E-state index is 12.0. The smallest absolute Gasteiger partial charge is 0.318 e. The molecule has 4 nitrogen and oxygen atoms in total. The minimum atomic E-state index is -0.199. The monoisotopic (exact) mass is 230 g/mol. The van der Waals surface area contributed by atoms with Crippen molar-refractivity contribution in [1.82, 2.24) is 10.2 Å². The Hall–Kier alpha value is -0.770. The Balaban J connectivity index is 4.43. The van der Waals surface area contributed by atoms with Crippen LogP contribution in [0.25, 0.3) is 0 Å². The zero-order valence-corrected chi connectivity index (χ0v) is 11.5. The average molecular weight is 230 g/mol.